The summed E-state index contributed by atoms with van der Waals surface area (Å²) in [6.45, 7) is -0.172. The summed E-state index contributed by atoms with van der Waals surface area (Å²) >= 11 is 0.759. The molecule has 2 rings (SSSR count). The summed E-state index contributed by atoms with van der Waals surface area (Å²) in [6.07, 6.45) is 0. The molecule has 0 unspecified atom stereocenters. The predicted octanol–water partition coefficient (Wildman–Crippen LogP) is 1.42. The number of carboxylic acid groups (broad SMARTS) is 1. The van der Waals surface area contributed by atoms with E-state index in [-0.39, 0.29) is 21.2 Å². The molecule has 0 saturated carbocycles. The van der Waals surface area contributed by atoms with E-state index in [1.807, 2.05) is 0 Å². The summed E-state index contributed by atoms with van der Waals surface area (Å²) in [4.78, 5) is 22.5. The summed E-state index contributed by atoms with van der Waals surface area (Å²) in [5.41, 5.74) is 0.0364. The molecule has 0 fully saturated rings. The predicted molar refractivity (Wildman–Crippen MR) is 84.8 cm³/mol. The highest BCUT2D eigenvalue weighted by molar-refractivity contribution is 7.91. The van der Waals surface area contributed by atoms with Gasteiger partial charge in [-0.05, 0) is 29.8 Å². The van der Waals surface area contributed by atoms with Gasteiger partial charge in [-0.1, -0.05) is 6.07 Å². The van der Waals surface area contributed by atoms with Crippen molar-refractivity contribution >= 4 is 33.3 Å². The van der Waals surface area contributed by atoms with Gasteiger partial charge in [0.15, 0.2) is 0 Å². The fourth-order valence-electron chi connectivity index (χ4n) is 1.79. The number of carbonyl (C=O) groups excluding carboxylic acids is 1. The molecule has 0 bridgehead atoms. The van der Waals surface area contributed by atoms with E-state index in [0.717, 1.165) is 11.3 Å². The molecule has 3 N–H and O–H groups in total. The van der Waals surface area contributed by atoms with E-state index >= 15 is 0 Å². The lowest BCUT2D eigenvalue weighted by Gasteiger charge is -2.07. The SMILES string of the molecule is COC(=O)c1ccc(S(=O)(=O)NCc2ccc(O)c(C(=O)O)c2)s1. The lowest BCUT2D eigenvalue weighted by Crippen LogP contribution is -2.22. The second-order valence-corrected chi connectivity index (χ2v) is 7.67. The lowest BCUT2D eigenvalue weighted by molar-refractivity contribution is 0.0605. The van der Waals surface area contributed by atoms with Gasteiger partial charge in [0.25, 0.3) is 0 Å². The Morgan fingerprint density at radius 2 is 1.96 bits per heavy atom. The van der Waals surface area contributed by atoms with Crippen LogP contribution in [0.3, 0.4) is 0 Å². The van der Waals surface area contributed by atoms with Crippen LogP contribution in [0, 0.1) is 0 Å². The van der Waals surface area contributed by atoms with E-state index in [1.165, 1.54) is 37.4 Å². The monoisotopic (exact) mass is 371 g/mol. The number of sulfonamides is 1. The highest BCUT2D eigenvalue weighted by Crippen LogP contribution is 2.23. The maximum atomic E-state index is 12.2. The minimum atomic E-state index is -3.87. The van der Waals surface area contributed by atoms with Gasteiger partial charge in [-0.25, -0.2) is 22.7 Å². The number of phenols is 1. The number of ether oxygens (including phenoxy) is 1. The number of esters is 1. The van der Waals surface area contributed by atoms with Gasteiger partial charge >= 0.3 is 11.9 Å². The molecule has 128 valence electrons. The van der Waals surface area contributed by atoms with Gasteiger partial charge in [0.05, 0.1) is 7.11 Å². The molecule has 24 heavy (non-hydrogen) atoms. The Kier molecular flexibility index (Phi) is 5.22. The molecule has 2 aromatic rings. The smallest absolute Gasteiger partial charge is 0.348 e. The highest BCUT2D eigenvalue weighted by Gasteiger charge is 2.20. The number of aromatic carboxylic acids is 1. The maximum Gasteiger partial charge on any atom is 0.348 e. The molecule has 10 heteroatoms. The van der Waals surface area contributed by atoms with Crippen molar-refractivity contribution in [3.63, 3.8) is 0 Å². The first-order valence-electron chi connectivity index (χ1n) is 6.47. The van der Waals surface area contributed by atoms with E-state index in [1.54, 1.807) is 0 Å². The van der Waals surface area contributed by atoms with Gasteiger partial charge in [-0.2, -0.15) is 0 Å². The van der Waals surface area contributed by atoms with Crippen molar-refractivity contribution in [2.75, 3.05) is 7.11 Å². The average molecular weight is 371 g/mol. The quantitative estimate of drug-likeness (QED) is 0.655. The van der Waals surface area contributed by atoms with Crippen LogP contribution in [-0.2, 0) is 21.3 Å². The summed E-state index contributed by atoms with van der Waals surface area (Å²) in [7, 11) is -2.68. The van der Waals surface area contributed by atoms with Crippen molar-refractivity contribution in [1.82, 2.24) is 4.72 Å². The molecular formula is C14H13NO7S2. The van der Waals surface area contributed by atoms with Crippen molar-refractivity contribution in [2.45, 2.75) is 10.8 Å². The third-order valence-corrected chi connectivity index (χ3v) is 5.95. The first-order chi connectivity index (χ1) is 11.2. The van der Waals surface area contributed by atoms with Gasteiger partial charge < -0.3 is 14.9 Å². The van der Waals surface area contributed by atoms with Gasteiger partial charge in [0, 0.05) is 6.54 Å². The molecule has 0 atom stereocenters. The number of carboxylic acids is 1. The summed E-state index contributed by atoms with van der Waals surface area (Å²) in [6, 6.07) is 6.37. The van der Waals surface area contributed by atoms with E-state index in [4.69, 9.17) is 5.11 Å². The fraction of sp³-hybridized carbons (Fsp3) is 0.143. The van der Waals surface area contributed by atoms with Crippen molar-refractivity contribution in [1.29, 1.82) is 0 Å². The van der Waals surface area contributed by atoms with Gasteiger partial charge in [0.1, 0.15) is 20.4 Å². The Morgan fingerprint density at radius 3 is 2.58 bits per heavy atom. The zero-order chi connectivity index (χ0) is 17.9. The molecule has 1 aromatic heterocycles. The number of hydrogen-bond acceptors (Lipinski definition) is 7. The third-order valence-electron chi connectivity index (χ3n) is 2.99. The second-order valence-electron chi connectivity index (χ2n) is 4.59. The molecule has 0 amide bonds. The summed E-state index contributed by atoms with van der Waals surface area (Å²) in [5, 5.41) is 18.4. The Morgan fingerprint density at radius 1 is 1.25 bits per heavy atom. The molecule has 0 spiro atoms. The van der Waals surface area contributed by atoms with Crippen LogP contribution in [0.5, 0.6) is 5.75 Å². The summed E-state index contributed by atoms with van der Waals surface area (Å²) < 4.78 is 31.1. The third kappa shape index (κ3) is 3.91. The van der Waals surface area contributed by atoms with Gasteiger partial charge in [-0.3, -0.25) is 0 Å². The lowest BCUT2D eigenvalue weighted by atomic mass is 10.1. The van der Waals surface area contributed by atoms with Gasteiger partial charge in [0.2, 0.25) is 10.0 Å². The molecule has 1 heterocycles. The number of nitrogens with one attached hydrogen (secondary N) is 1. The molecule has 0 aliphatic carbocycles. The number of rotatable bonds is 6. The average Bonchev–Trinajstić information content (AvgIpc) is 3.04. The maximum absolute atomic E-state index is 12.2. The van der Waals surface area contributed by atoms with Crippen LogP contribution in [0.1, 0.15) is 25.6 Å². The number of carbonyl (C=O) groups is 2. The Hall–Kier alpha value is -2.43. The van der Waals surface area contributed by atoms with Crippen molar-refractivity contribution < 1.29 is 33.0 Å². The number of aromatic hydroxyl groups is 1. The molecule has 0 aliphatic rings. The Bertz CT molecular complexity index is 886. The van der Waals surface area contributed by atoms with E-state index in [0.29, 0.717) is 5.56 Å². The zero-order valence-corrected chi connectivity index (χ0v) is 14.0. The molecule has 0 saturated heterocycles. The van der Waals surface area contributed by atoms with E-state index < -0.39 is 27.7 Å². The Labute approximate surface area is 141 Å². The van der Waals surface area contributed by atoms with Crippen molar-refractivity contribution in [3.8, 4) is 5.75 Å². The van der Waals surface area contributed by atoms with Crippen LogP contribution in [0.25, 0.3) is 0 Å². The molecular weight excluding hydrogens is 358 g/mol. The van der Waals surface area contributed by atoms with Crippen LogP contribution in [0.2, 0.25) is 0 Å². The number of thiophene rings is 1. The molecule has 8 nitrogen and oxygen atoms in total. The van der Waals surface area contributed by atoms with E-state index in [9.17, 15) is 23.1 Å². The summed E-state index contributed by atoms with van der Waals surface area (Å²) in [5.74, 6) is -2.36. The molecule has 0 aliphatic heterocycles. The first-order valence-corrected chi connectivity index (χ1v) is 8.77. The normalized spacial score (nSPS) is 11.2. The zero-order valence-electron chi connectivity index (χ0n) is 12.3. The minimum absolute atomic E-state index is 0.0693. The van der Waals surface area contributed by atoms with Crippen LogP contribution in [0.15, 0.2) is 34.5 Å². The highest BCUT2D eigenvalue weighted by atomic mass is 32.2. The number of hydrogen-bond donors (Lipinski definition) is 3. The van der Waals surface area contributed by atoms with Crippen molar-refractivity contribution in [2.24, 2.45) is 0 Å². The first kappa shape index (κ1) is 17.9. The van der Waals surface area contributed by atoms with Crippen LogP contribution in [-0.4, -0.2) is 37.7 Å². The van der Waals surface area contributed by atoms with Crippen molar-refractivity contribution in [3.05, 3.63) is 46.3 Å². The minimum Gasteiger partial charge on any atom is -0.507 e. The largest absolute Gasteiger partial charge is 0.507 e. The number of methoxy groups -OCH3 is 1. The molecule has 0 radical (unpaired) electrons. The second kappa shape index (κ2) is 6.99. The topological polar surface area (TPSA) is 130 Å². The van der Waals surface area contributed by atoms with Crippen LogP contribution in [0.4, 0.5) is 0 Å². The van der Waals surface area contributed by atoms with Gasteiger partial charge in [-0.15, -0.1) is 11.3 Å². The standard InChI is InChI=1S/C14H13NO7S2/c1-22-14(19)11-4-5-12(23-11)24(20,21)15-7-8-2-3-10(16)9(6-8)13(17)18/h2-6,15-16H,7H2,1H3,(H,17,18). The van der Waals surface area contributed by atoms with Crippen LogP contribution >= 0.6 is 11.3 Å². The van der Waals surface area contributed by atoms with E-state index in [2.05, 4.69) is 9.46 Å². The molecule has 1 aromatic carbocycles. The fourth-order valence-corrected chi connectivity index (χ4v) is 4.08. The number of benzene rings is 1. The van der Waals surface area contributed by atoms with Crippen LogP contribution < -0.4 is 4.72 Å². The Balaban J connectivity index is 2.16.